The van der Waals surface area contributed by atoms with Crippen molar-refractivity contribution in [3.8, 4) is 0 Å². The zero-order valence-corrected chi connectivity index (χ0v) is 8.54. The number of likely N-dealkylation sites (N-methyl/N-ethyl adjacent to an activating group) is 2. The predicted molar refractivity (Wildman–Crippen MR) is 49.0 cm³/mol. The molecule has 12 heavy (non-hydrogen) atoms. The van der Waals surface area contributed by atoms with E-state index in [-0.39, 0.29) is 0 Å². The van der Waals surface area contributed by atoms with Gasteiger partial charge in [0.1, 0.15) is 0 Å². The van der Waals surface area contributed by atoms with E-state index in [2.05, 4.69) is 9.80 Å². The first kappa shape index (κ1) is 11.8. The van der Waals surface area contributed by atoms with Gasteiger partial charge in [0.15, 0.2) is 0 Å². The molecule has 0 aromatic carbocycles. The van der Waals surface area contributed by atoms with Gasteiger partial charge in [-0.25, -0.2) is 9.78 Å². The Bertz CT molecular complexity index is 85.1. The van der Waals surface area contributed by atoms with Crippen molar-refractivity contribution in [1.82, 2.24) is 9.80 Å². The standard InChI is InChI=1S/C8H20N2O2/c1-9(2)5-7-11-12-8-6-10(3)4/h5-8H2,1-4H3. The number of hydrogen-bond donors (Lipinski definition) is 0. The molecule has 0 unspecified atom stereocenters. The smallest absolute Gasteiger partial charge is 0.0949 e. The summed E-state index contributed by atoms with van der Waals surface area (Å²) in [6, 6.07) is 0. The average molecular weight is 176 g/mol. The third-order valence-electron chi connectivity index (χ3n) is 1.33. The molecule has 0 aliphatic rings. The first-order valence-corrected chi connectivity index (χ1v) is 4.17. The van der Waals surface area contributed by atoms with Crippen molar-refractivity contribution >= 4 is 0 Å². The Morgan fingerprint density at radius 1 is 0.750 bits per heavy atom. The number of hydrogen-bond acceptors (Lipinski definition) is 4. The van der Waals surface area contributed by atoms with E-state index in [1.807, 2.05) is 28.2 Å². The lowest BCUT2D eigenvalue weighted by atomic mass is 10.6. The summed E-state index contributed by atoms with van der Waals surface area (Å²) in [6.07, 6.45) is 0. The summed E-state index contributed by atoms with van der Waals surface area (Å²) in [5.74, 6) is 0. The molecular weight excluding hydrogens is 156 g/mol. The number of nitrogens with zero attached hydrogens (tertiary/aromatic N) is 2. The number of rotatable bonds is 7. The zero-order chi connectivity index (χ0) is 9.40. The van der Waals surface area contributed by atoms with Gasteiger partial charge in [0, 0.05) is 13.1 Å². The third kappa shape index (κ3) is 9.84. The molecule has 0 fully saturated rings. The van der Waals surface area contributed by atoms with Gasteiger partial charge in [0.25, 0.3) is 0 Å². The molecule has 74 valence electrons. The SMILES string of the molecule is CN(C)CCOOCCN(C)C. The van der Waals surface area contributed by atoms with Crippen LogP contribution in [-0.2, 0) is 9.78 Å². The molecule has 0 radical (unpaired) electrons. The minimum absolute atomic E-state index is 0.625. The Labute approximate surface area is 75.0 Å². The Morgan fingerprint density at radius 2 is 1.08 bits per heavy atom. The van der Waals surface area contributed by atoms with E-state index >= 15 is 0 Å². The van der Waals surface area contributed by atoms with Crippen LogP contribution in [0.4, 0.5) is 0 Å². The summed E-state index contributed by atoms with van der Waals surface area (Å²) < 4.78 is 0. The summed E-state index contributed by atoms with van der Waals surface area (Å²) in [5, 5.41) is 0. The van der Waals surface area contributed by atoms with Crippen molar-refractivity contribution in [2.45, 2.75) is 0 Å². The maximum Gasteiger partial charge on any atom is 0.0949 e. The third-order valence-corrected chi connectivity index (χ3v) is 1.33. The van der Waals surface area contributed by atoms with Crippen LogP contribution in [0.5, 0.6) is 0 Å². The van der Waals surface area contributed by atoms with E-state index < -0.39 is 0 Å². The summed E-state index contributed by atoms with van der Waals surface area (Å²) in [5.41, 5.74) is 0. The van der Waals surface area contributed by atoms with Crippen LogP contribution in [0.2, 0.25) is 0 Å². The summed E-state index contributed by atoms with van der Waals surface area (Å²) in [4.78, 5) is 14.0. The van der Waals surface area contributed by atoms with Gasteiger partial charge in [0.05, 0.1) is 13.2 Å². The normalized spacial score (nSPS) is 11.5. The van der Waals surface area contributed by atoms with Gasteiger partial charge >= 0.3 is 0 Å². The fourth-order valence-corrected chi connectivity index (χ4v) is 0.558. The molecule has 0 N–H and O–H groups in total. The molecule has 0 spiro atoms. The molecule has 0 rings (SSSR count). The highest BCUT2D eigenvalue weighted by Gasteiger charge is 1.92. The molecule has 0 aliphatic heterocycles. The topological polar surface area (TPSA) is 24.9 Å². The second-order valence-electron chi connectivity index (χ2n) is 3.25. The Balaban J connectivity index is 2.91. The molecule has 4 nitrogen and oxygen atoms in total. The molecule has 4 heteroatoms. The highest BCUT2D eigenvalue weighted by molar-refractivity contribution is 4.38. The van der Waals surface area contributed by atoms with Gasteiger partial charge in [-0.15, -0.1) is 0 Å². The Morgan fingerprint density at radius 3 is 1.33 bits per heavy atom. The molecule has 0 bridgehead atoms. The molecular formula is C8H20N2O2. The Kier molecular flexibility index (Phi) is 7.39. The van der Waals surface area contributed by atoms with Gasteiger partial charge in [-0.3, -0.25) is 0 Å². The maximum atomic E-state index is 4.93. The Hall–Kier alpha value is -0.160. The fourth-order valence-electron chi connectivity index (χ4n) is 0.558. The van der Waals surface area contributed by atoms with Crippen molar-refractivity contribution in [3.63, 3.8) is 0 Å². The fraction of sp³-hybridized carbons (Fsp3) is 1.00. The molecule has 0 saturated heterocycles. The summed E-state index contributed by atoms with van der Waals surface area (Å²) in [6.45, 7) is 3.03. The van der Waals surface area contributed by atoms with Crippen LogP contribution in [0, 0.1) is 0 Å². The summed E-state index contributed by atoms with van der Waals surface area (Å²) in [7, 11) is 8.01. The van der Waals surface area contributed by atoms with Crippen LogP contribution in [0.1, 0.15) is 0 Å². The van der Waals surface area contributed by atoms with E-state index in [9.17, 15) is 0 Å². The van der Waals surface area contributed by atoms with Crippen molar-refractivity contribution < 1.29 is 9.78 Å². The van der Waals surface area contributed by atoms with Crippen LogP contribution < -0.4 is 0 Å². The lowest BCUT2D eigenvalue weighted by Gasteiger charge is -2.11. The van der Waals surface area contributed by atoms with Gasteiger partial charge in [-0.2, -0.15) is 0 Å². The van der Waals surface area contributed by atoms with Gasteiger partial charge < -0.3 is 9.80 Å². The minimum Gasteiger partial charge on any atom is -0.307 e. The van der Waals surface area contributed by atoms with Crippen LogP contribution >= 0.6 is 0 Å². The van der Waals surface area contributed by atoms with Crippen molar-refractivity contribution in [2.75, 3.05) is 54.5 Å². The molecule has 0 atom stereocenters. The molecule has 0 aliphatic carbocycles. The van der Waals surface area contributed by atoms with Crippen molar-refractivity contribution in [3.05, 3.63) is 0 Å². The van der Waals surface area contributed by atoms with Gasteiger partial charge in [-0.1, -0.05) is 0 Å². The molecule has 0 amide bonds. The predicted octanol–water partition coefficient (Wildman–Crippen LogP) is 0.0578. The first-order valence-electron chi connectivity index (χ1n) is 4.17. The average Bonchev–Trinajstić information content (AvgIpc) is 1.95. The van der Waals surface area contributed by atoms with Crippen LogP contribution in [0.25, 0.3) is 0 Å². The lowest BCUT2D eigenvalue weighted by Crippen LogP contribution is -2.21. The van der Waals surface area contributed by atoms with E-state index in [1.165, 1.54) is 0 Å². The maximum absolute atomic E-state index is 4.93. The van der Waals surface area contributed by atoms with Crippen molar-refractivity contribution in [2.24, 2.45) is 0 Å². The quantitative estimate of drug-likeness (QED) is 0.311. The molecule has 0 saturated carbocycles. The lowest BCUT2D eigenvalue weighted by molar-refractivity contribution is -0.295. The van der Waals surface area contributed by atoms with E-state index in [4.69, 9.17) is 9.78 Å². The van der Waals surface area contributed by atoms with E-state index in [0.717, 1.165) is 13.1 Å². The monoisotopic (exact) mass is 176 g/mol. The van der Waals surface area contributed by atoms with Crippen LogP contribution in [-0.4, -0.2) is 64.3 Å². The van der Waals surface area contributed by atoms with Gasteiger partial charge in [0.2, 0.25) is 0 Å². The van der Waals surface area contributed by atoms with E-state index in [0.29, 0.717) is 13.2 Å². The minimum atomic E-state index is 0.625. The second-order valence-corrected chi connectivity index (χ2v) is 3.25. The van der Waals surface area contributed by atoms with E-state index in [1.54, 1.807) is 0 Å². The molecule has 0 aromatic heterocycles. The van der Waals surface area contributed by atoms with Crippen LogP contribution in [0.3, 0.4) is 0 Å². The zero-order valence-electron chi connectivity index (χ0n) is 8.54. The molecule has 0 aromatic rings. The second kappa shape index (κ2) is 7.49. The van der Waals surface area contributed by atoms with Gasteiger partial charge in [-0.05, 0) is 28.2 Å². The van der Waals surface area contributed by atoms with Crippen LogP contribution in [0.15, 0.2) is 0 Å². The highest BCUT2D eigenvalue weighted by atomic mass is 17.2. The van der Waals surface area contributed by atoms with Crippen molar-refractivity contribution in [1.29, 1.82) is 0 Å². The molecule has 0 heterocycles. The highest BCUT2D eigenvalue weighted by Crippen LogP contribution is 1.82. The largest absolute Gasteiger partial charge is 0.307 e. The summed E-state index contributed by atoms with van der Waals surface area (Å²) >= 11 is 0. The first-order chi connectivity index (χ1) is 5.63.